The summed E-state index contributed by atoms with van der Waals surface area (Å²) in [6, 6.07) is 3.20. The van der Waals surface area contributed by atoms with Crippen molar-refractivity contribution in [2.45, 2.75) is 12.1 Å². The number of carboxylic acid groups (broad SMARTS) is 1. The second-order valence-electron chi connectivity index (χ2n) is 4.11. The molecule has 2 atom stereocenters. The first-order valence-corrected chi connectivity index (χ1v) is 6.96. The summed E-state index contributed by atoms with van der Waals surface area (Å²) in [4.78, 5) is 22.4. The van der Waals surface area contributed by atoms with E-state index in [4.69, 9.17) is 9.52 Å². The third-order valence-electron chi connectivity index (χ3n) is 2.23. The number of carboxylic acids is 1. The van der Waals surface area contributed by atoms with E-state index in [2.05, 4.69) is 0 Å². The van der Waals surface area contributed by atoms with Crippen LogP contribution in [-0.4, -0.2) is 46.9 Å². The predicted molar refractivity (Wildman–Crippen MR) is 62.2 cm³/mol. The molecule has 0 saturated carbocycles. The smallest absolute Gasteiger partial charge is 0.316 e. The number of hydrogen-bond acceptors (Lipinski definition) is 4. The Hall–Kier alpha value is -1.10. The van der Waals surface area contributed by atoms with Crippen molar-refractivity contribution in [1.82, 2.24) is 4.90 Å². The Kier molecular flexibility index (Phi) is 4.51. The van der Waals surface area contributed by atoms with E-state index in [-0.39, 0.29) is 12.7 Å². The summed E-state index contributed by atoms with van der Waals surface area (Å²) in [5.41, 5.74) is -1.34. The van der Waals surface area contributed by atoms with Gasteiger partial charge in [0.2, 0.25) is 7.37 Å². The van der Waals surface area contributed by atoms with Crippen molar-refractivity contribution in [2.24, 2.45) is 0 Å². The zero-order valence-electron chi connectivity index (χ0n) is 9.74. The van der Waals surface area contributed by atoms with Gasteiger partial charge in [-0.2, -0.15) is 0 Å². The highest BCUT2D eigenvalue weighted by molar-refractivity contribution is 7.59. The van der Waals surface area contributed by atoms with Crippen LogP contribution in [0.15, 0.2) is 22.8 Å². The molecule has 0 aliphatic carbocycles. The van der Waals surface area contributed by atoms with E-state index in [0.717, 1.165) is 0 Å². The van der Waals surface area contributed by atoms with Gasteiger partial charge in [0.15, 0.2) is 0 Å². The second kappa shape index (κ2) is 5.49. The molecule has 0 fully saturated rings. The van der Waals surface area contributed by atoms with Crippen LogP contribution in [0, 0.1) is 0 Å². The van der Waals surface area contributed by atoms with Gasteiger partial charge in [0.05, 0.1) is 12.5 Å². The Labute approximate surface area is 99.3 Å². The van der Waals surface area contributed by atoms with E-state index in [1.54, 1.807) is 26.2 Å². The van der Waals surface area contributed by atoms with E-state index in [1.165, 1.54) is 11.2 Å². The van der Waals surface area contributed by atoms with Gasteiger partial charge in [-0.1, -0.05) is 0 Å². The first kappa shape index (κ1) is 14.0. The lowest BCUT2D eigenvalue weighted by atomic mass is 10.2. The van der Waals surface area contributed by atoms with Crippen LogP contribution >= 0.6 is 7.37 Å². The monoisotopic (exact) mass is 261 g/mol. The van der Waals surface area contributed by atoms with Gasteiger partial charge >= 0.3 is 5.97 Å². The van der Waals surface area contributed by atoms with Crippen molar-refractivity contribution in [3.8, 4) is 0 Å². The average molecular weight is 261 g/mol. The maximum Gasteiger partial charge on any atom is 0.316 e. The van der Waals surface area contributed by atoms with Crippen molar-refractivity contribution in [3.05, 3.63) is 24.2 Å². The minimum atomic E-state index is -3.79. The molecule has 96 valence electrons. The minimum Gasteiger partial charge on any atom is -0.481 e. The molecule has 7 heteroatoms. The van der Waals surface area contributed by atoms with Crippen molar-refractivity contribution >= 4 is 13.3 Å². The molecule has 0 spiro atoms. The van der Waals surface area contributed by atoms with Crippen LogP contribution in [0.25, 0.3) is 0 Å². The highest BCUT2D eigenvalue weighted by atomic mass is 31.2. The molecule has 1 aromatic rings. The predicted octanol–water partition coefficient (Wildman–Crippen LogP) is 1.06. The quantitative estimate of drug-likeness (QED) is 0.744. The number of hydrogen-bond donors (Lipinski definition) is 2. The lowest BCUT2D eigenvalue weighted by Crippen LogP contribution is -2.28. The molecule has 0 saturated heterocycles. The summed E-state index contributed by atoms with van der Waals surface area (Å²) in [6.07, 6.45) is 1.16. The molecule has 0 radical (unpaired) electrons. The maximum atomic E-state index is 12.0. The van der Waals surface area contributed by atoms with Crippen LogP contribution in [0.2, 0.25) is 0 Å². The van der Waals surface area contributed by atoms with Crippen molar-refractivity contribution in [1.29, 1.82) is 0 Å². The van der Waals surface area contributed by atoms with Crippen molar-refractivity contribution in [2.75, 3.05) is 20.4 Å². The number of nitrogens with zero attached hydrogens (tertiary/aromatic N) is 1. The molecule has 0 amide bonds. The molecule has 1 unspecified atom stereocenters. The molecule has 0 aliphatic rings. The fourth-order valence-electron chi connectivity index (χ4n) is 1.53. The Morgan fingerprint density at radius 3 is 2.65 bits per heavy atom. The van der Waals surface area contributed by atoms with E-state index in [0.29, 0.717) is 5.76 Å². The summed E-state index contributed by atoms with van der Waals surface area (Å²) in [7, 11) is -0.550. The lowest BCUT2D eigenvalue weighted by Gasteiger charge is -2.21. The van der Waals surface area contributed by atoms with Crippen molar-refractivity contribution in [3.63, 3.8) is 0 Å². The van der Waals surface area contributed by atoms with Crippen LogP contribution < -0.4 is 0 Å². The second-order valence-corrected chi connectivity index (χ2v) is 6.53. The lowest BCUT2D eigenvalue weighted by molar-refractivity contribution is -0.136. The van der Waals surface area contributed by atoms with Gasteiger partial charge in [-0.25, -0.2) is 0 Å². The maximum absolute atomic E-state index is 12.0. The molecule has 0 aliphatic heterocycles. The number of rotatable bonds is 6. The van der Waals surface area contributed by atoms with Gasteiger partial charge < -0.3 is 19.3 Å². The molecule has 6 nitrogen and oxygen atoms in total. The normalized spacial score (nSPS) is 16.7. The van der Waals surface area contributed by atoms with Crippen LogP contribution in [0.1, 0.15) is 5.76 Å². The van der Waals surface area contributed by atoms with Gasteiger partial charge in [0.25, 0.3) is 0 Å². The molecule has 0 aromatic carbocycles. The largest absolute Gasteiger partial charge is 0.481 e. The van der Waals surface area contributed by atoms with E-state index >= 15 is 0 Å². The number of aliphatic carboxylic acids is 1. The Morgan fingerprint density at radius 1 is 1.59 bits per heavy atom. The van der Waals surface area contributed by atoms with E-state index in [1.807, 2.05) is 0 Å². The summed E-state index contributed by atoms with van der Waals surface area (Å²) in [6.45, 7) is 0. The first-order chi connectivity index (χ1) is 7.83. The van der Waals surface area contributed by atoms with Crippen LogP contribution in [-0.2, 0) is 15.8 Å². The molecular weight excluding hydrogens is 245 g/mol. The van der Waals surface area contributed by atoms with E-state index in [9.17, 15) is 14.3 Å². The van der Waals surface area contributed by atoms with Gasteiger partial charge in [-0.15, -0.1) is 0 Å². The Balaban J connectivity index is 2.86. The van der Waals surface area contributed by atoms with Gasteiger partial charge in [-0.3, -0.25) is 9.36 Å². The third kappa shape index (κ3) is 4.00. The van der Waals surface area contributed by atoms with Crippen molar-refractivity contribution < 1.29 is 23.8 Å². The summed E-state index contributed by atoms with van der Waals surface area (Å²) in [5, 5.41) is 9.03. The topological polar surface area (TPSA) is 91.0 Å². The highest BCUT2D eigenvalue weighted by Gasteiger charge is 2.38. The van der Waals surface area contributed by atoms with Crippen LogP contribution in [0.4, 0.5) is 0 Å². The van der Waals surface area contributed by atoms with Crippen LogP contribution in [0.5, 0.6) is 0 Å². The summed E-state index contributed by atoms with van der Waals surface area (Å²) < 4.78 is 17.0. The Bertz CT molecular complexity index is 414. The minimum absolute atomic E-state index is 0.0794. The molecule has 0 bridgehead atoms. The van der Waals surface area contributed by atoms with Crippen LogP contribution in [0.3, 0.4) is 0 Å². The molecule has 17 heavy (non-hydrogen) atoms. The molecular formula is C10H16NO5P. The standard InChI is InChI=1S/C10H16NO5P/c1-11(2)7-17(14,15)9(10(12)13)6-8-4-3-5-16-8/h3-5,9H,6-7H2,1-2H3,(H,12,13)(H,14,15)/t9-/m0/s1. The third-order valence-corrected chi connectivity index (χ3v) is 4.58. The number of carbonyl (C=O) groups is 1. The average Bonchev–Trinajstić information content (AvgIpc) is 2.63. The zero-order valence-corrected chi connectivity index (χ0v) is 10.6. The zero-order chi connectivity index (χ0) is 13.1. The fourth-order valence-corrected chi connectivity index (χ4v) is 3.34. The fraction of sp³-hybridized carbons (Fsp3) is 0.500. The number of furan rings is 1. The highest BCUT2D eigenvalue weighted by Crippen LogP contribution is 2.47. The molecule has 1 heterocycles. The van der Waals surface area contributed by atoms with Gasteiger partial charge in [0, 0.05) is 6.42 Å². The molecule has 1 aromatic heterocycles. The van der Waals surface area contributed by atoms with Gasteiger partial charge in [-0.05, 0) is 26.2 Å². The summed E-state index contributed by atoms with van der Waals surface area (Å²) >= 11 is 0. The van der Waals surface area contributed by atoms with E-state index < -0.39 is 19.0 Å². The molecule has 2 N–H and O–H groups in total. The first-order valence-electron chi connectivity index (χ1n) is 5.04. The summed E-state index contributed by atoms with van der Waals surface area (Å²) in [5.74, 6) is -0.889. The van der Waals surface area contributed by atoms with Gasteiger partial charge in [0.1, 0.15) is 11.4 Å². The Morgan fingerprint density at radius 2 is 2.24 bits per heavy atom. The SMILES string of the molecule is CN(C)CP(=O)(O)[C@@H](Cc1ccco1)C(=O)O. The molecule has 1 rings (SSSR count).